The molecule has 0 radical (unpaired) electrons. The van der Waals surface area contributed by atoms with E-state index in [0.717, 1.165) is 11.1 Å². The fraction of sp³-hybridized carbons (Fsp3) is 0.143. The largest absolute Gasteiger partial charge is 0.297 e. The molecule has 0 fully saturated rings. The van der Waals surface area contributed by atoms with Crippen molar-refractivity contribution in [3.05, 3.63) is 131 Å². The number of hydrogen-bond acceptors (Lipinski definition) is 6. The Morgan fingerprint density at radius 1 is 0.472 bits per heavy atom. The first kappa shape index (κ1) is 25.8. The second kappa shape index (κ2) is 10.8. The van der Waals surface area contributed by atoms with Gasteiger partial charge in [0.05, 0.1) is 9.79 Å². The maximum Gasteiger partial charge on any atom is 0.297 e. The van der Waals surface area contributed by atoms with Crippen LogP contribution in [0.3, 0.4) is 0 Å². The lowest BCUT2D eigenvalue weighted by molar-refractivity contribution is 0.0615. The van der Waals surface area contributed by atoms with Crippen molar-refractivity contribution >= 4 is 20.2 Å². The van der Waals surface area contributed by atoms with Crippen molar-refractivity contribution in [3.8, 4) is 0 Å². The van der Waals surface area contributed by atoms with Crippen molar-refractivity contribution in [1.82, 2.24) is 0 Å². The summed E-state index contributed by atoms with van der Waals surface area (Å²) in [4.78, 5) is -0.0792. The normalized spacial score (nSPS) is 13.7. The molecule has 4 rings (SSSR count). The standard InChI is InChI=1S/C28H26O6S2/c1-21-13-17-25(18-14-21)35(29,30)33-27(23-9-5-3-6-10-23)28(24-11-7-4-8-12-24)34-36(31,32)26-19-15-22(2)16-20-26/h3-20,27-28H,1-2H3. The van der Waals surface area contributed by atoms with Crippen LogP contribution in [0.4, 0.5) is 0 Å². The van der Waals surface area contributed by atoms with Gasteiger partial charge in [0, 0.05) is 0 Å². The van der Waals surface area contributed by atoms with Gasteiger partial charge in [0.1, 0.15) is 12.2 Å². The van der Waals surface area contributed by atoms with Crippen LogP contribution in [0, 0.1) is 13.8 Å². The third-order valence-corrected chi connectivity index (χ3v) is 8.23. The van der Waals surface area contributed by atoms with Crippen molar-refractivity contribution in [2.24, 2.45) is 0 Å². The Morgan fingerprint density at radius 3 is 1.08 bits per heavy atom. The molecule has 0 amide bonds. The van der Waals surface area contributed by atoms with E-state index in [9.17, 15) is 16.8 Å². The van der Waals surface area contributed by atoms with Crippen LogP contribution in [-0.2, 0) is 28.6 Å². The van der Waals surface area contributed by atoms with Gasteiger partial charge in [0.2, 0.25) is 0 Å². The fourth-order valence-corrected chi connectivity index (χ4v) is 5.77. The average Bonchev–Trinajstić information content (AvgIpc) is 2.88. The molecule has 0 spiro atoms. The molecule has 0 saturated carbocycles. The quantitative estimate of drug-likeness (QED) is 0.255. The summed E-state index contributed by atoms with van der Waals surface area (Å²) in [6.07, 6.45) is -2.58. The second-order valence-corrected chi connectivity index (χ2v) is 11.5. The summed E-state index contributed by atoms with van der Waals surface area (Å²) in [5.41, 5.74) is 2.67. The first-order chi connectivity index (χ1) is 17.2. The Labute approximate surface area is 212 Å². The Kier molecular flexibility index (Phi) is 7.70. The zero-order valence-electron chi connectivity index (χ0n) is 19.8. The molecule has 8 heteroatoms. The molecule has 4 aromatic rings. The predicted octanol–water partition coefficient (Wildman–Crippen LogP) is 5.90. The first-order valence-corrected chi connectivity index (χ1v) is 14.1. The summed E-state index contributed by atoms with van der Waals surface area (Å²) >= 11 is 0. The lowest BCUT2D eigenvalue weighted by atomic mass is 9.98. The van der Waals surface area contributed by atoms with Crippen LogP contribution in [0.1, 0.15) is 34.5 Å². The lowest BCUT2D eigenvalue weighted by Gasteiger charge is -2.27. The van der Waals surface area contributed by atoms with Gasteiger partial charge < -0.3 is 0 Å². The molecule has 0 bridgehead atoms. The van der Waals surface area contributed by atoms with Gasteiger partial charge in [-0.1, -0.05) is 96.1 Å². The molecular weight excluding hydrogens is 496 g/mol. The molecule has 0 N–H and O–H groups in total. The SMILES string of the molecule is Cc1ccc(S(=O)(=O)OC(c2ccccc2)C(OS(=O)(=O)c2ccc(C)cc2)c2ccccc2)cc1. The van der Waals surface area contributed by atoms with Gasteiger partial charge in [-0.15, -0.1) is 0 Å². The molecule has 0 aliphatic rings. The molecule has 0 heterocycles. The smallest absolute Gasteiger partial charge is 0.255 e. The van der Waals surface area contributed by atoms with Gasteiger partial charge in [-0.3, -0.25) is 8.37 Å². The van der Waals surface area contributed by atoms with Crippen LogP contribution < -0.4 is 0 Å². The maximum atomic E-state index is 13.3. The average molecular weight is 523 g/mol. The van der Waals surface area contributed by atoms with Crippen molar-refractivity contribution in [3.63, 3.8) is 0 Å². The number of aryl methyl sites for hydroxylation is 2. The van der Waals surface area contributed by atoms with E-state index in [1.807, 2.05) is 13.8 Å². The molecule has 36 heavy (non-hydrogen) atoms. The Hall–Kier alpha value is -3.30. The molecular formula is C28H26O6S2. The molecule has 0 aliphatic heterocycles. The minimum atomic E-state index is -4.28. The molecule has 0 saturated heterocycles. The zero-order valence-corrected chi connectivity index (χ0v) is 21.4. The fourth-order valence-electron chi connectivity index (χ4n) is 3.64. The highest BCUT2D eigenvalue weighted by Gasteiger charge is 2.36. The molecule has 4 aromatic carbocycles. The van der Waals surface area contributed by atoms with Crippen LogP contribution in [0.2, 0.25) is 0 Å². The van der Waals surface area contributed by atoms with E-state index in [2.05, 4.69) is 0 Å². The molecule has 0 aliphatic carbocycles. The molecule has 186 valence electrons. The van der Waals surface area contributed by atoms with Gasteiger partial charge in [-0.2, -0.15) is 16.8 Å². The van der Waals surface area contributed by atoms with Crippen LogP contribution >= 0.6 is 0 Å². The van der Waals surface area contributed by atoms with E-state index in [1.165, 1.54) is 24.3 Å². The van der Waals surface area contributed by atoms with Crippen molar-refractivity contribution in [1.29, 1.82) is 0 Å². The highest BCUT2D eigenvalue weighted by atomic mass is 32.2. The summed E-state index contributed by atoms with van der Waals surface area (Å²) in [6.45, 7) is 3.69. The highest BCUT2D eigenvalue weighted by Crippen LogP contribution is 2.39. The monoisotopic (exact) mass is 522 g/mol. The van der Waals surface area contributed by atoms with E-state index >= 15 is 0 Å². The Bertz CT molecular complexity index is 1380. The number of benzene rings is 4. The van der Waals surface area contributed by atoms with Gasteiger partial charge in [0.25, 0.3) is 20.2 Å². The van der Waals surface area contributed by atoms with Crippen LogP contribution in [0.5, 0.6) is 0 Å². The summed E-state index contributed by atoms with van der Waals surface area (Å²) in [5, 5.41) is 0. The van der Waals surface area contributed by atoms with E-state index in [4.69, 9.17) is 8.37 Å². The Morgan fingerprint density at radius 2 is 0.778 bits per heavy atom. The molecule has 2 unspecified atom stereocenters. The van der Waals surface area contributed by atoms with E-state index in [1.54, 1.807) is 84.9 Å². The van der Waals surface area contributed by atoms with Crippen LogP contribution in [0.25, 0.3) is 0 Å². The number of hydrogen-bond donors (Lipinski definition) is 0. The predicted molar refractivity (Wildman–Crippen MR) is 137 cm³/mol. The molecule has 0 aromatic heterocycles. The van der Waals surface area contributed by atoms with Gasteiger partial charge in [-0.05, 0) is 49.2 Å². The minimum Gasteiger partial charge on any atom is -0.255 e. The summed E-state index contributed by atoms with van der Waals surface area (Å²) in [5.74, 6) is 0. The number of rotatable bonds is 9. The van der Waals surface area contributed by atoms with Crippen molar-refractivity contribution in [2.45, 2.75) is 35.8 Å². The summed E-state index contributed by atoms with van der Waals surface area (Å²) in [6, 6.07) is 29.6. The summed E-state index contributed by atoms with van der Waals surface area (Å²) in [7, 11) is -8.56. The summed E-state index contributed by atoms with van der Waals surface area (Å²) < 4.78 is 64.7. The zero-order chi connectivity index (χ0) is 25.8. The highest BCUT2D eigenvalue weighted by molar-refractivity contribution is 7.87. The topological polar surface area (TPSA) is 86.7 Å². The van der Waals surface area contributed by atoms with Crippen molar-refractivity contribution < 1.29 is 25.2 Å². The first-order valence-electron chi connectivity index (χ1n) is 11.3. The van der Waals surface area contributed by atoms with E-state index < -0.39 is 32.4 Å². The Balaban J connectivity index is 1.81. The van der Waals surface area contributed by atoms with E-state index in [0.29, 0.717) is 11.1 Å². The van der Waals surface area contributed by atoms with Gasteiger partial charge >= 0.3 is 0 Å². The van der Waals surface area contributed by atoms with Gasteiger partial charge in [-0.25, -0.2) is 0 Å². The maximum absolute atomic E-state index is 13.3. The second-order valence-electron chi connectivity index (χ2n) is 8.39. The molecule has 6 nitrogen and oxygen atoms in total. The van der Waals surface area contributed by atoms with Crippen LogP contribution in [0.15, 0.2) is 119 Å². The minimum absolute atomic E-state index is 0.0396. The molecule has 2 atom stereocenters. The third kappa shape index (κ3) is 6.09. The van der Waals surface area contributed by atoms with Crippen LogP contribution in [-0.4, -0.2) is 16.8 Å². The lowest BCUT2D eigenvalue weighted by Crippen LogP contribution is -2.24. The van der Waals surface area contributed by atoms with Gasteiger partial charge in [0.15, 0.2) is 0 Å². The van der Waals surface area contributed by atoms with E-state index in [-0.39, 0.29) is 9.79 Å². The van der Waals surface area contributed by atoms with Crippen molar-refractivity contribution in [2.75, 3.05) is 0 Å². The third-order valence-electron chi connectivity index (χ3n) is 5.61.